The van der Waals surface area contributed by atoms with Gasteiger partial charge >= 0.3 is 5.69 Å². The fourth-order valence-electron chi connectivity index (χ4n) is 2.20. The molecule has 1 aromatic carbocycles. The molecular formula is C16H12ClN3O3. The topological polar surface area (TPSA) is 87.5 Å². The number of aromatic nitrogens is 2. The van der Waals surface area contributed by atoms with Crippen LogP contribution in [0, 0.1) is 0 Å². The van der Waals surface area contributed by atoms with Crippen molar-refractivity contribution in [1.29, 1.82) is 0 Å². The van der Waals surface area contributed by atoms with Gasteiger partial charge in [0.15, 0.2) is 0 Å². The number of hydrogen-bond donors (Lipinski definition) is 2. The van der Waals surface area contributed by atoms with Gasteiger partial charge in [0.25, 0.3) is 5.56 Å². The van der Waals surface area contributed by atoms with E-state index in [0.29, 0.717) is 16.3 Å². The van der Waals surface area contributed by atoms with Gasteiger partial charge < -0.3 is 5.11 Å². The van der Waals surface area contributed by atoms with E-state index in [-0.39, 0.29) is 12.1 Å². The zero-order valence-corrected chi connectivity index (χ0v) is 12.6. The van der Waals surface area contributed by atoms with Crippen LogP contribution < -0.4 is 11.2 Å². The molecule has 0 saturated carbocycles. The van der Waals surface area contributed by atoms with Crippen LogP contribution in [-0.2, 0) is 6.54 Å². The summed E-state index contributed by atoms with van der Waals surface area (Å²) in [4.78, 5) is 30.2. The maximum atomic E-state index is 12.0. The maximum absolute atomic E-state index is 12.0. The molecule has 0 saturated heterocycles. The van der Waals surface area contributed by atoms with Gasteiger partial charge in [-0.1, -0.05) is 29.8 Å². The number of halogens is 1. The summed E-state index contributed by atoms with van der Waals surface area (Å²) < 4.78 is 1.05. The molecule has 2 heterocycles. The first-order valence-corrected chi connectivity index (χ1v) is 7.16. The average molecular weight is 330 g/mol. The van der Waals surface area contributed by atoms with Gasteiger partial charge in [-0.05, 0) is 29.9 Å². The number of rotatable bonds is 3. The first-order chi connectivity index (χ1) is 11.1. The van der Waals surface area contributed by atoms with Crippen LogP contribution >= 0.6 is 11.6 Å². The summed E-state index contributed by atoms with van der Waals surface area (Å²) in [5.41, 5.74) is -0.258. The largest absolute Gasteiger partial charge is 0.494 e. The number of aromatic amines is 1. The number of benzene rings is 1. The van der Waals surface area contributed by atoms with Gasteiger partial charge in [-0.25, -0.2) is 4.79 Å². The van der Waals surface area contributed by atoms with Crippen molar-refractivity contribution in [3.05, 3.63) is 79.1 Å². The Bertz CT molecular complexity index is 953. The van der Waals surface area contributed by atoms with Gasteiger partial charge in [0.05, 0.1) is 12.2 Å². The standard InChI is InChI=1S/C16H12ClN3O3/c17-13-6-2-1-4-10(13)9-20-15(22)12(14(21)19-16(20)23)8-11-5-3-7-18-11/h1-8,22H,9H2,(H,19,21,23)/b11-8-. The van der Waals surface area contributed by atoms with Crippen LogP contribution in [0.5, 0.6) is 5.88 Å². The molecule has 0 unspecified atom stereocenters. The van der Waals surface area contributed by atoms with Gasteiger partial charge in [-0.3, -0.25) is 19.3 Å². The summed E-state index contributed by atoms with van der Waals surface area (Å²) in [5, 5.41) is 10.8. The lowest BCUT2D eigenvalue weighted by atomic mass is 10.2. The van der Waals surface area contributed by atoms with Crippen LogP contribution in [0.25, 0.3) is 6.08 Å². The molecule has 0 fully saturated rings. The number of allylic oxidation sites excluding steroid dienone is 2. The normalized spacial score (nSPS) is 14.7. The summed E-state index contributed by atoms with van der Waals surface area (Å²) >= 11 is 6.08. The Balaban J connectivity index is 2.11. The molecule has 1 aliphatic heterocycles. The Morgan fingerprint density at radius 2 is 2.09 bits per heavy atom. The third-order valence-corrected chi connectivity index (χ3v) is 3.73. The fraction of sp³-hybridized carbons (Fsp3) is 0.0625. The molecule has 2 aromatic rings. The Labute approximate surface area is 135 Å². The van der Waals surface area contributed by atoms with Crippen LogP contribution in [0.2, 0.25) is 5.02 Å². The quantitative estimate of drug-likeness (QED) is 0.902. The zero-order chi connectivity index (χ0) is 16.4. The molecule has 0 atom stereocenters. The number of hydrogen-bond acceptors (Lipinski definition) is 4. The molecule has 0 bridgehead atoms. The smallest absolute Gasteiger partial charge is 0.331 e. The van der Waals surface area contributed by atoms with Gasteiger partial charge in [-0.2, -0.15) is 0 Å². The van der Waals surface area contributed by atoms with E-state index in [0.717, 1.165) is 4.57 Å². The van der Waals surface area contributed by atoms with E-state index >= 15 is 0 Å². The van der Waals surface area contributed by atoms with Crippen molar-refractivity contribution >= 4 is 23.9 Å². The van der Waals surface area contributed by atoms with E-state index in [1.54, 1.807) is 42.6 Å². The van der Waals surface area contributed by atoms with E-state index in [1.807, 2.05) is 0 Å². The summed E-state index contributed by atoms with van der Waals surface area (Å²) in [7, 11) is 0. The van der Waals surface area contributed by atoms with Crippen LogP contribution in [0.1, 0.15) is 11.1 Å². The summed E-state index contributed by atoms with van der Waals surface area (Å²) in [5.74, 6) is -0.429. The predicted octanol–water partition coefficient (Wildman–Crippen LogP) is 1.93. The van der Waals surface area contributed by atoms with E-state index in [9.17, 15) is 14.7 Å². The fourth-order valence-corrected chi connectivity index (χ4v) is 2.39. The lowest BCUT2D eigenvalue weighted by Gasteiger charge is -2.11. The highest BCUT2D eigenvalue weighted by Gasteiger charge is 2.14. The van der Waals surface area contributed by atoms with E-state index in [2.05, 4.69) is 9.98 Å². The van der Waals surface area contributed by atoms with Crippen LogP contribution in [0.3, 0.4) is 0 Å². The first-order valence-electron chi connectivity index (χ1n) is 6.78. The van der Waals surface area contributed by atoms with Gasteiger partial charge in [-0.15, -0.1) is 0 Å². The maximum Gasteiger partial charge on any atom is 0.331 e. The van der Waals surface area contributed by atoms with Gasteiger partial charge in [0.1, 0.15) is 5.56 Å². The molecule has 23 heavy (non-hydrogen) atoms. The number of aliphatic imine (C=N–C) groups is 1. The molecule has 6 nitrogen and oxygen atoms in total. The van der Waals surface area contributed by atoms with Crippen molar-refractivity contribution < 1.29 is 5.11 Å². The molecular weight excluding hydrogens is 318 g/mol. The van der Waals surface area contributed by atoms with E-state index in [1.165, 1.54) is 6.08 Å². The SMILES string of the molecule is O=c1[nH]c(=O)n(Cc2ccccc2Cl)c(O)c1/C=C1/C=CC=N1. The molecule has 1 aromatic heterocycles. The minimum Gasteiger partial charge on any atom is -0.494 e. The van der Waals surface area contributed by atoms with Crippen molar-refractivity contribution in [2.45, 2.75) is 6.54 Å². The molecule has 0 amide bonds. The average Bonchev–Trinajstić information content (AvgIpc) is 3.03. The summed E-state index contributed by atoms with van der Waals surface area (Å²) in [6.45, 7) is 0.0381. The molecule has 0 aliphatic carbocycles. The second-order valence-electron chi connectivity index (χ2n) is 4.88. The van der Waals surface area contributed by atoms with Gasteiger partial charge in [0.2, 0.25) is 5.88 Å². The third kappa shape index (κ3) is 3.02. The second kappa shape index (κ2) is 6.10. The molecule has 7 heteroatoms. The highest BCUT2D eigenvalue weighted by molar-refractivity contribution is 6.31. The Morgan fingerprint density at radius 1 is 1.30 bits per heavy atom. The monoisotopic (exact) mass is 329 g/mol. The van der Waals surface area contributed by atoms with E-state index in [4.69, 9.17) is 11.6 Å². The first kappa shape index (κ1) is 15.1. The highest BCUT2D eigenvalue weighted by Crippen LogP contribution is 2.20. The summed E-state index contributed by atoms with van der Waals surface area (Å²) in [6.07, 6.45) is 6.37. The minimum absolute atomic E-state index is 0.0321. The molecule has 0 spiro atoms. The van der Waals surface area contributed by atoms with E-state index < -0.39 is 17.1 Å². The minimum atomic E-state index is -0.708. The van der Waals surface area contributed by atoms with Crippen LogP contribution in [0.4, 0.5) is 0 Å². The van der Waals surface area contributed by atoms with Crippen molar-refractivity contribution in [1.82, 2.24) is 9.55 Å². The Kier molecular flexibility index (Phi) is 3.99. The van der Waals surface area contributed by atoms with Crippen LogP contribution in [0.15, 0.2) is 56.7 Å². The number of nitrogens with zero attached hydrogens (tertiary/aromatic N) is 2. The highest BCUT2D eigenvalue weighted by atomic mass is 35.5. The predicted molar refractivity (Wildman–Crippen MR) is 89.2 cm³/mol. The molecule has 3 rings (SSSR count). The van der Waals surface area contributed by atoms with Crippen LogP contribution in [-0.4, -0.2) is 20.9 Å². The third-order valence-electron chi connectivity index (χ3n) is 3.36. The molecule has 1 aliphatic rings. The van der Waals surface area contributed by atoms with Crippen molar-refractivity contribution in [2.24, 2.45) is 4.99 Å². The van der Waals surface area contributed by atoms with Crippen molar-refractivity contribution in [3.63, 3.8) is 0 Å². The zero-order valence-electron chi connectivity index (χ0n) is 11.9. The lowest BCUT2D eigenvalue weighted by Crippen LogP contribution is -2.31. The number of aromatic hydroxyl groups is 1. The second-order valence-corrected chi connectivity index (χ2v) is 5.29. The van der Waals surface area contributed by atoms with Crippen molar-refractivity contribution in [2.75, 3.05) is 0 Å². The molecule has 0 radical (unpaired) electrons. The van der Waals surface area contributed by atoms with Gasteiger partial charge in [0, 0.05) is 11.2 Å². The molecule has 116 valence electrons. The molecule has 2 N–H and O–H groups in total. The number of nitrogens with one attached hydrogen (secondary N) is 1. The van der Waals surface area contributed by atoms with Crippen molar-refractivity contribution in [3.8, 4) is 5.88 Å². The number of H-pyrrole nitrogens is 1. The summed E-state index contributed by atoms with van der Waals surface area (Å²) in [6, 6.07) is 6.96. The Morgan fingerprint density at radius 3 is 2.78 bits per heavy atom. The Hall–Kier alpha value is -2.86. The lowest BCUT2D eigenvalue weighted by molar-refractivity contribution is 0.408.